The van der Waals surface area contributed by atoms with Crippen LogP contribution in [0.1, 0.15) is 0 Å². The number of rotatable bonds is 3. The Morgan fingerprint density at radius 2 is 1.04 bits per heavy atom. The number of oxazole rings is 1. The Labute approximate surface area is 152 Å². The van der Waals surface area contributed by atoms with Crippen LogP contribution in [0.15, 0.2) is 95.4 Å². The van der Waals surface area contributed by atoms with Crippen molar-refractivity contribution in [1.29, 1.82) is 0 Å². The van der Waals surface area contributed by atoms with E-state index in [1.165, 1.54) is 0 Å². The second-order valence-corrected chi connectivity index (χ2v) is 5.48. The van der Waals surface area contributed by atoms with E-state index >= 15 is 0 Å². The van der Waals surface area contributed by atoms with Gasteiger partial charge in [0.1, 0.15) is 0 Å². The van der Waals surface area contributed by atoms with Crippen molar-refractivity contribution in [3.05, 3.63) is 96.2 Å². The van der Waals surface area contributed by atoms with Crippen LogP contribution in [-0.2, 0) is 0 Å². The zero-order chi connectivity index (χ0) is 16.4. The molecule has 1 heterocycles. The van der Waals surface area contributed by atoms with Gasteiger partial charge in [0, 0.05) is 5.56 Å². The van der Waals surface area contributed by atoms with E-state index in [-0.39, 0.29) is 12.4 Å². The summed E-state index contributed by atoms with van der Waals surface area (Å²) in [6, 6.07) is 28.7. The largest absolute Gasteiger partial charge is 0.615 e. The average Bonchev–Trinajstić information content (AvgIpc) is 3.01. The highest BCUT2D eigenvalue weighted by atomic mass is 35.5. The minimum absolute atomic E-state index is 0. The lowest BCUT2D eigenvalue weighted by Gasteiger charge is -2.01. The summed E-state index contributed by atoms with van der Waals surface area (Å²) in [5.74, 6) is 0.879. The summed E-state index contributed by atoms with van der Waals surface area (Å²) in [7, 11) is 0. The molecule has 4 rings (SSSR count). The van der Waals surface area contributed by atoms with Gasteiger partial charge in [-0.1, -0.05) is 66.7 Å². The Hall–Kier alpha value is -3.04. The molecule has 4 aromatic rings. The van der Waals surface area contributed by atoms with Gasteiger partial charge in [0.25, 0.3) is 5.69 Å². The lowest BCUT2D eigenvalue weighted by molar-refractivity contribution is -0.584. The molecule has 0 amide bonds. The Morgan fingerprint density at radius 3 is 1.56 bits per heavy atom. The molecule has 0 saturated heterocycles. The summed E-state index contributed by atoms with van der Waals surface area (Å²) >= 11 is 0. The highest BCUT2D eigenvalue weighted by Gasteiger charge is 2.28. The summed E-state index contributed by atoms with van der Waals surface area (Å²) in [4.78, 5) is 0. The van der Waals surface area contributed by atoms with Crippen molar-refractivity contribution in [2.24, 2.45) is 0 Å². The highest BCUT2D eigenvalue weighted by molar-refractivity contribution is 5.85. The van der Waals surface area contributed by atoms with Gasteiger partial charge in [-0.2, -0.15) is 0 Å². The molecule has 0 unspecified atom stereocenters. The highest BCUT2D eigenvalue weighted by Crippen LogP contribution is 2.34. The Kier molecular flexibility index (Phi) is 4.87. The van der Waals surface area contributed by atoms with Gasteiger partial charge in [-0.3, -0.25) is 0 Å². The molecule has 0 N–H and O–H groups in total. The molecule has 0 fully saturated rings. The van der Waals surface area contributed by atoms with Gasteiger partial charge in [-0.15, -0.1) is 17.1 Å². The normalized spacial score (nSPS) is 10.2. The smallest absolute Gasteiger partial charge is 0.393 e. The maximum Gasteiger partial charge on any atom is 0.393 e. The van der Waals surface area contributed by atoms with Crippen molar-refractivity contribution in [2.45, 2.75) is 0 Å². The molecule has 0 saturated carbocycles. The van der Waals surface area contributed by atoms with E-state index in [0.717, 1.165) is 21.4 Å². The van der Waals surface area contributed by atoms with Crippen LogP contribution in [0, 0.1) is 5.21 Å². The summed E-state index contributed by atoms with van der Waals surface area (Å²) in [6.07, 6.45) is 0. The minimum atomic E-state index is 0. The first kappa shape index (κ1) is 16.8. The fraction of sp³-hybridized carbons (Fsp3) is 0. The van der Waals surface area contributed by atoms with E-state index in [9.17, 15) is 5.21 Å². The number of halogens is 1. The second-order valence-electron chi connectivity index (χ2n) is 5.48. The van der Waals surface area contributed by atoms with Crippen LogP contribution in [-0.4, -0.2) is 0 Å². The van der Waals surface area contributed by atoms with E-state index in [1.807, 2.05) is 91.0 Å². The van der Waals surface area contributed by atoms with Crippen molar-refractivity contribution in [1.82, 2.24) is 0 Å². The molecule has 0 radical (unpaired) electrons. The summed E-state index contributed by atoms with van der Waals surface area (Å²) in [5.41, 5.74) is 2.99. The molecule has 124 valence electrons. The second kappa shape index (κ2) is 7.24. The number of nitrogens with zero attached hydrogens (tertiary/aromatic N) is 1. The molecule has 0 atom stereocenters. The molecule has 1 aromatic heterocycles. The number of hydrogen-bond donors (Lipinski definition) is 0. The van der Waals surface area contributed by atoms with Gasteiger partial charge in [-0.25, -0.2) is 0 Å². The first-order valence-electron chi connectivity index (χ1n) is 7.77. The standard InChI is InChI=1S/C21H15NO2.ClH/c23-22-19(16-10-4-1-5-11-16)20(17-12-6-2-7-13-17)24-21(22)18-14-8-3-9-15-18;/h1-15H;1H. The fourth-order valence-corrected chi connectivity index (χ4v) is 2.77. The van der Waals surface area contributed by atoms with Crippen LogP contribution in [0.5, 0.6) is 0 Å². The van der Waals surface area contributed by atoms with E-state index in [0.29, 0.717) is 17.3 Å². The number of hydrogen-bond acceptors (Lipinski definition) is 2. The van der Waals surface area contributed by atoms with Crippen LogP contribution in [0.25, 0.3) is 34.0 Å². The third kappa shape index (κ3) is 3.14. The molecule has 0 aliphatic carbocycles. The van der Waals surface area contributed by atoms with Crippen LogP contribution >= 0.6 is 12.4 Å². The van der Waals surface area contributed by atoms with Crippen molar-refractivity contribution >= 4 is 12.4 Å². The van der Waals surface area contributed by atoms with Gasteiger partial charge >= 0.3 is 5.89 Å². The lowest BCUT2D eigenvalue weighted by atomic mass is 10.1. The van der Waals surface area contributed by atoms with E-state index in [1.54, 1.807) is 0 Å². The zero-order valence-corrected chi connectivity index (χ0v) is 14.1. The van der Waals surface area contributed by atoms with Crippen LogP contribution in [0.4, 0.5) is 0 Å². The first-order chi connectivity index (χ1) is 11.8. The third-order valence-electron chi connectivity index (χ3n) is 3.91. The Bertz CT molecular complexity index is 951. The SMILES string of the molecule is Cl.[O-][n+]1c(-c2ccccc2)oc(-c2ccccc2)c1-c1ccccc1. The quantitative estimate of drug-likeness (QED) is 0.370. The monoisotopic (exact) mass is 349 g/mol. The van der Waals surface area contributed by atoms with Gasteiger partial charge in [0.2, 0.25) is 5.76 Å². The zero-order valence-electron chi connectivity index (χ0n) is 13.3. The van der Waals surface area contributed by atoms with Crippen molar-refractivity contribution in [3.63, 3.8) is 0 Å². The third-order valence-corrected chi connectivity index (χ3v) is 3.91. The molecule has 0 bridgehead atoms. The first-order valence-corrected chi connectivity index (χ1v) is 7.77. The van der Waals surface area contributed by atoms with Crippen LogP contribution in [0.2, 0.25) is 0 Å². The molecular formula is C21H16ClNO2. The van der Waals surface area contributed by atoms with Gasteiger partial charge < -0.3 is 9.62 Å². The summed E-state index contributed by atoms with van der Waals surface area (Å²) in [5, 5.41) is 13.0. The molecule has 0 aliphatic rings. The lowest BCUT2D eigenvalue weighted by Crippen LogP contribution is -2.28. The molecule has 4 heteroatoms. The summed E-state index contributed by atoms with van der Waals surface area (Å²) < 4.78 is 6.90. The maximum absolute atomic E-state index is 13.0. The molecular weight excluding hydrogens is 334 g/mol. The Morgan fingerprint density at radius 1 is 0.600 bits per heavy atom. The van der Waals surface area contributed by atoms with Crippen molar-refractivity contribution in [2.75, 3.05) is 0 Å². The molecule has 0 spiro atoms. The Balaban J connectivity index is 0.00000182. The van der Waals surface area contributed by atoms with E-state index in [2.05, 4.69) is 0 Å². The van der Waals surface area contributed by atoms with Gasteiger partial charge in [0.15, 0.2) is 0 Å². The van der Waals surface area contributed by atoms with E-state index in [4.69, 9.17) is 4.42 Å². The van der Waals surface area contributed by atoms with Gasteiger partial charge in [-0.05, 0) is 24.3 Å². The predicted molar refractivity (Wildman–Crippen MR) is 101 cm³/mol. The van der Waals surface area contributed by atoms with Crippen molar-refractivity contribution < 1.29 is 9.15 Å². The number of aromatic nitrogens is 1. The summed E-state index contributed by atoms with van der Waals surface area (Å²) in [6.45, 7) is 0. The van der Waals surface area contributed by atoms with Crippen molar-refractivity contribution in [3.8, 4) is 34.0 Å². The van der Waals surface area contributed by atoms with Crippen LogP contribution in [0.3, 0.4) is 0 Å². The predicted octanol–water partition coefficient (Wildman–Crippen LogP) is 5.34. The molecule has 25 heavy (non-hydrogen) atoms. The average molecular weight is 350 g/mol. The topological polar surface area (TPSA) is 40.1 Å². The maximum atomic E-state index is 13.0. The van der Waals surface area contributed by atoms with E-state index < -0.39 is 0 Å². The molecule has 3 nitrogen and oxygen atoms in total. The van der Waals surface area contributed by atoms with Crippen LogP contribution < -0.4 is 4.73 Å². The molecule has 3 aromatic carbocycles. The van der Waals surface area contributed by atoms with Gasteiger partial charge in [0.05, 0.1) is 11.1 Å². The minimum Gasteiger partial charge on any atom is -0.615 e. The molecule has 0 aliphatic heterocycles. The fourth-order valence-electron chi connectivity index (χ4n) is 2.77. The number of benzene rings is 3.